The lowest BCUT2D eigenvalue weighted by Crippen LogP contribution is -2.02. The van der Waals surface area contributed by atoms with E-state index in [-0.39, 0.29) is 0 Å². The van der Waals surface area contributed by atoms with Crippen molar-refractivity contribution < 1.29 is 0 Å². The zero-order valence-corrected chi connectivity index (χ0v) is 10.8. The molecule has 0 radical (unpaired) electrons. The van der Waals surface area contributed by atoms with Gasteiger partial charge >= 0.3 is 0 Å². The Morgan fingerprint density at radius 3 is 2.38 bits per heavy atom. The van der Waals surface area contributed by atoms with Crippen LogP contribution in [0.2, 0.25) is 0 Å². The third kappa shape index (κ3) is 3.41. The number of allylic oxidation sites excluding steroid dienone is 1. The summed E-state index contributed by atoms with van der Waals surface area (Å²) in [5.41, 5.74) is 1.34. The molecule has 0 spiro atoms. The summed E-state index contributed by atoms with van der Waals surface area (Å²) in [6, 6.07) is 8.83. The smallest absolute Gasteiger partial charge is 0.00695 e. The van der Waals surface area contributed by atoms with Crippen LogP contribution in [0.1, 0.15) is 37.7 Å². The lowest BCUT2D eigenvalue weighted by atomic mass is 9.89. The molecule has 0 atom stereocenters. The van der Waals surface area contributed by atoms with E-state index in [1.54, 1.807) is 11.8 Å². The maximum Gasteiger partial charge on any atom is 0.00695 e. The second-order valence-electron chi connectivity index (χ2n) is 4.53. The van der Waals surface area contributed by atoms with Crippen LogP contribution in [0.4, 0.5) is 0 Å². The third-order valence-electron chi connectivity index (χ3n) is 3.33. The summed E-state index contributed by atoms with van der Waals surface area (Å²) in [6.07, 6.45) is 13.9. The summed E-state index contributed by atoms with van der Waals surface area (Å²) in [5.74, 6) is 0.828. The Kier molecular flexibility index (Phi) is 4.53. The van der Waals surface area contributed by atoms with E-state index in [0.717, 1.165) is 5.92 Å². The second-order valence-corrected chi connectivity index (χ2v) is 5.41. The number of thioether (sulfide) groups is 1. The summed E-state index contributed by atoms with van der Waals surface area (Å²) >= 11 is 1.80. The molecule has 0 nitrogen and oxygen atoms in total. The fourth-order valence-electron chi connectivity index (χ4n) is 2.29. The largest absolute Gasteiger partial charge is 0.130 e. The molecule has 1 aliphatic rings. The highest BCUT2D eigenvalue weighted by molar-refractivity contribution is 7.98. The van der Waals surface area contributed by atoms with Gasteiger partial charge in [0.1, 0.15) is 0 Å². The second kappa shape index (κ2) is 6.15. The van der Waals surface area contributed by atoms with Gasteiger partial charge in [-0.15, -0.1) is 11.8 Å². The van der Waals surface area contributed by atoms with Gasteiger partial charge in [0.25, 0.3) is 0 Å². The average Bonchev–Trinajstić information content (AvgIpc) is 2.38. The average molecular weight is 232 g/mol. The molecular weight excluding hydrogens is 212 g/mol. The Morgan fingerprint density at radius 1 is 1.06 bits per heavy atom. The van der Waals surface area contributed by atoms with Crippen LogP contribution < -0.4 is 0 Å². The molecule has 0 aromatic heterocycles. The van der Waals surface area contributed by atoms with Gasteiger partial charge in [-0.3, -0.25) is 0 Å². The molecule has 0 bridgehead atoms. The van der Waals surface area contributed by atoms with Gasteiger partial charge in [-0.25, -0.2) is 0 Å². The molecule has 0 amide bonds. The predicted molar refractivity (Wildman–Crippen MR) is 73.8 cm³/mol. The Hall–Kier alpha value is -0.690. The summed E-state index contributed by atoms with van der Waals surface area (Å²) < 4.78 is 0. The Morgan fingerprint density at radius 2 is 1.75 bits per heavy atom. The molecule has 0 N–H and O–H groups in total. The fourth-order valence-corrected chi connectivity index (χ4v) is 2.70. The molecular formula is C15H20S. The van der Waals surface area contributed by atoms with Crippen LogP contribution >= 0.6 is 11.8 Å². The van der Waals surface area contributed by atoms with Crippen LogP contribution in [0.5, 0.6) is 0 Å². The molecule has 0 aliphatic heterocycles. The lowest BCUT2D eigenvalue weighted by Gasteiger charge is -2.17. The van der Waals surface area contributed by atoms with Crippen molar-refractivity contribution in [2.24, 2.45) is 5.92 Å². The molecule has 16 heavy (non-hydrogen) atoms. The first kappa shape index (κ1) is 11.8. The zero-order valence-electron chi connectivity index (χ0n) is 9.99. The summed E-state index contributed by atoms with van der Waals surface area (Å²) in [6.45, 7) is 0. The maximum absolute atomic E-state index is 2.41. The van der Waals surface area contributed by atoms with Crippen molar-refractivity contribution in [3.8, 4) is 0 Å². The number of benzene rings is 1. The van der Waals surface area contributed by atoms with Crippen LogP contribution in [0.15, 0.2) is 35.2 Å². The van der Waals surface area contributed by atoms with Gasteiger partial charge in [0.2, 0.25) is 0 Å². The van der Waals surface area contributed by atoms with Gasteiger partial charge in [0, 0.05) is 4.90 Å². The van der Waals surface area contributed by atoms with Gasteiger partial charge in [-0.05, 0) is 42.7 Å². The highest BCUT2D eigenvalue weighted by atomic mass is 32.2. The molecule has 1 saturated carbocycles. The van der Waals surface area contributed by atoms with Gasteiger partial charge in [-0.1, -0.05) is 43.5 Å². The Labute approximate surface area is 103 Å². The first-order chi connectivity index (χ1) is 7.88. The topological polar surface area (TPSA) is 0 Å². The molecule has 0 saturated heterocycles. The fraction of sp³-hybridized carbons (Fsp3) is 0.467. The third-order valence-corrected chi connectivity index (χ3v) is 4.07. The van der Waals surface area contributed by atoms with Gasteiger partial charge < -0.3 is 0 Å². The van der Waals surface area contributed by atoms with Crippen LogP contribution in [0.3, 0.4) is 0 Å². The van der Waals surface area contributed by atoms with Crippen molar-refractivity contribution in [3.05, 3.63) is 35.9 Å². The van der Waals surface area contributed by atoms with Crippen molar-refractivity contribution in [2.45, 2.75) is 37.0 Å². The minimum Gasteiger partial charge on any atom is -0.130 e. The van der Waals surface area contributed by atoms with Crippen molar-refractivity contribution in [3.63, 3.8) is 0 Å². The first-order valence-electron chi connectivity index (χ1n) is 6.21. The zero-order chi connectivity index (χ0) is 11.2. The summed E-state index contributed by atoms with van der Waals surface area (Å²) in [5, 5.41) is 0. The van der Waals surface area contributed by atoms with Crippen molar-refractivity contribution in [1.29, 1.82) is 0 Å². The van der Waals surface area contributed by atoms with Gasteiger partial charge in [-0.2, -0.15) is 0 Å². The normalized spacial score (nSPS) is 18.1. The first-order valence-corrected chi connectivity index (χ1v) is 7.43. The van der Waals surface area contributed by atoms with Crippen LogP contribution in [-0.4, -0.2) is 6.26 Å². The lowest BCUT2D eigenvalue weighted by molar-refractivity contribution is 0.420. The van der Waals surface area contributed by atoms with Crippen LogP contribution in [0, 0.1) is 5.92 Å². The standard InChI is InChI=1S/C15H20S/c1-16-15-11-9-14(10-12-15)8-7-13-5-3-2-4-6-13/h7-13H,2-6H2,1H3/b8-7-. The summed E-state index contributed by atoms with van der Waals surface area (Å²) in [7, 11) is 0. The molecule has 1 heteroatoms. The number of hydrogen-bond acceptors (Lipinski definition) is 1. The molecule has 1 aromatic rings. The highest BCUT2D eigenvalue weighted by Gasteiger charge is 2.09. The monoisotopic (exact) mass is 232 g/mol. The van der Waals surface area contributed by atoms with Crippen molar-refractivity contribution in [2.75, 3.05) is 6.26 Å². The molecule has 86 valence electrons. The number of rotatable bonds is 3. The van der Waals surface area contributed by atoms with Crippen LogP contribution in [-0.2, 0) is 0 Å². The van der Waals surface area contributed by atoms with Gasteiger partial charge in [0.15, 0.2) is 0 Å². The SMILES string of the molecule is CSc1ccc(/C=C\C2CCCCC2)cc1. The molecule has 1 aromatic carbocycles. The van der Waals surface area contributed by atoms with Crippen molar-refractivity contribution >= 4 is 17.8 Å². The van der Waals surface area contributed by atoms with Crippen molar-refractivity contribution in [1.82, 2.24) is 0 Å². The minimum absolute atomic E-state index is 0.828. The highest BCUT2D eigenvalue weighted by Crippen LogP contribution is 2.25. The van der Waals surface area contributed by atoms with E-state index in [0.29, 0.717) is 0 Å². The van der Waals surface area contributed by atoms with Gasteiger partial charge in [0.05, 0.1) is 0 Å². The minimum atomic E-state index is 0.828. The maximum atomic E-state index is 2.41. The van der Waals surface area contributed by atoms with E-state index in [1.807, 2.05) is 0 Å². The van der Waals surface area contributed by atoms with E-state index in [2.05, 4.69) is 42.7 Å². The van der Waals surface area contributed by atoms with E-state index < -0.39 is 0 Å². The molecule has 1 aliphatic carbocycles. The Balaban J connectivity index is 1.94. The number of hydrogen-bond donors (Lipinski definition) is 0. The predicted octanol–water partition coefficient (Wildman–Crippen LogP) is 5.00. The molecule has 0 heterocycles. The molecule has 0 unspecified atom stereocenters. The van der Waals surface area contributed by atoms with E-state index in [1.165, 1.54) is 42.6 Å². The molecule has 2 rings (SSSR count). The van der Waals surface area contributed by atoms with E-state index in [4.69, 9.17) is 0 Å². The summed E-state index contributed by atoms with van der Waals surface area (Å²) in [4.78, 5) is 1.34. The van der Waals surface area contributed by atoms with E-state index >= 15 is 0 Å². The Bertz CT molecular complexity index is 331. The quantitative estimate of drug-likeness (QED) is 0.661. The molecule has 1 fully saturated rings. The van der Waals surface area contributed by atoms with Crippen LogP contribution in [0.25, 0.3) is 6.08 Å². The van der Waals surface area contributed by atoms with E-state index in [9.17, 15) is 0 Å².